The third kappa shape index (κ3) is 2.07. The van der Waals surface area contributed by atoms with E-state index in [1.165, 1.54) is 0 Å². The fourth-order valence-electron chi connectivity index (χ4n) is 1.76. The Kier molecular flexibility index (Phi) is 2.74. The highest BCUT2D eigenvalue weighted by molar-refractivity contribution is 5.83. The van der Waals surface area contributed by atoms with Crippen molar-refractivity contribution in [3.63, 3.8) is 0 Å². The van der Waals surface area contributed by atoms with E-state index in [-0.39, 0.29) is 17.9 Å². The zero-order valence-electron chi connectivity index (χ0n) is 8.61. The number of nitrogens with two attached hydrogens (primary N) is 1. The van der Waals surface area contributed by atoms with Gasteiger partial charge in [0.05, 0.1) is 12.5 Å². The minimum atomic E-state index is 0.104. The molecule has 2 N–H and O–H groups in total. The van der Waals surface area contributed by atoms with Gasteiger partial charge in [0.25, 0.3) is 0 Å². The maximum atomic E-state index is 11.9. The molecule has 2 aliphatic carbocycles. The van der Waals surface area contributed by atoms with Crippen LogP contribution in [0.3, 0.4) is 0 Å². The molecule has 0 spiro atoms. The summed E-state index contributed by atoms with van der Waals surface area (Å²) in [4.78, 5) is 13.9. The van der Waals surface area contributed by atoms with Crippen molar-refractivity contribution in [3.05, 3.63) is 0 Å². The molecule has 0 bridgehead atoms. The van der Waals surface area contributed by atoms with Crippen molar-refractivity contribution >= 4 is 5.91 Å². The Hall–Kier alpha value is -0.610. The number of nitrogens with zero attached hydrogens (tertiary/aromatic N) is 1. The molecule has 2 fully saturated rings. The van der Waals surface area contributed by atoms with E-state index in [0.29, 0.717) is 12.6 Å². The minimum Gasteiger partial charge on any atom is -0.383 e. The number of carbonyl (C=O) groups excluding carboxylic acids is 1. The van der Waals surface area contributed by atoms with Gasteiger partial charge in [-0.2, -0.15) is 0 Å². The molecule has 2 saturated carbocycles. The van der Waals surface area contributed by atoms with Gasteiger partial charge in [-0.05, 0) is 19.3 Å². The van der Waals surface area contributed by atoms with E-state index in [9.17, 15) is 4.79 Å². The van der Waals surface area contributed by atoms with E-state index in [4.69, 9.17) is 10.5 Å². The number of ether oxygens (including phenoxy) is 1. The van der Waals surface area contributed by atoms with Crippen molar-refractivity contribution in [1.82, 2.24) is 4.90 Å². The lowest BCUT2D eigenvalue weighted by molar-refractivity contribution is -0.133. The summed E-state index contributed by atoms with van der Waals surface area (Å²) in [5.74, 6) is 0.351. The summed E-state index contributed by atoms with van der Waals surface area (Å²) in [6.45, 7) is 1.35. The highest BCUT2D eigenvalue weighted by Crippen LogP contribution is 2.34. The van der Waals surface area contributed by atoms with E-state index in [1.54, 1.807) is 7.11 Å². The lowest BCUT2D eigenvalue weighted by Crippen LogP contribution is -2.38. The second-order valence-electron chi connectivity index (χ2n) is 4.26. The van der Waals surface area contributed by atoms with Crippen LogP contribution < -0.4 is 5.73 Å². The lowest BCUT2D eigenvalue weighted by atomic mass is 10.3. The third-order valence-corrected chi connectivity index (χ3v) is 2.96. The second kappa shape index (κ2) is 3.87. The van der Waals surface area contributed by atoms with Crippen LogP contribution in [0.4, 0.5) is 0 Å². The van der Waals surface area contributed by atoms with Gasteiger partial charge in [-0.25, -0.2) is 0 Å². The van der Waals surface area contributed by atoms with E-state index in [1.807, 2.05) is 4.90 Å². The molecule has 2 aliphatic rings. The molecule has 0 aromatic heterocycles. The molecule has 0 aromatic carbocycles. The van der Waals surface area contributed by atoms with Gasteiger partial charge < -0.3 is 15.4 Å². The summed E-state index contributed by atoms with van der Waals surface area (Å²) < 4.78 is 5.00. The summed E-state index contributed by atoms with van der Waals surface area (Å²) in [5.41, 5.74) is 5.68. The maximum absolute atomic E-state index is 11.9. The van der Waals surface area contributed by atoms with Crippen LogP contribution in [0.1, 0.15) is 19.3 Å². The average molecular weight is 198 g/mol. The summed E-state index contributed by atoms with van der Waals surface area (Å²) in [6.07, 6.45) is 3.17. The van der Waals surface area contributed by atoms with Crippen molar-refractivity contribution in [3.8, 4) is 0 Å². The van der Waals surface area contributed by atoms with Crippen molar-refractivity contribution in [2.45, 2.75) is 31.3 Å². The number of rotatable bonds is 5. The average Bonchev–Trinajstić information content (AvgIpc) is 3.01. The lowest BCUT2D eigenvalue weighted by Gasteiger charge is -2.21. The molecular formula is C10H18N2O2. The molecule has 2 unspecified atom stereocenters. The first-order chi connectivity index (χ1) is 6.74. The van der Waals surface area contributed by atoms with Crippen molar-refractivity contribution in [2.24, 2.45) is 11.7 Å². The molecule has 4 nitrogen and oxygen atoms in total. The predicted molar refractivity (Wildman–Crippen MR) is 52.7 cm³/mol. The Bertz CT molecular complexity index is 228. The maximum Gasteiger partial charge on any atom is 0.227 e. The minimum absolute atomic E-state index is 0.104. The van der Waals surface area contributed by atoms with Crippen LogP contribution >= 0.6 is 0 Å². The third-order valence-electron chi connectivity index (χ3n) is 2.96. The largest absolute Gasteiger partial charge is 0.383 e. The molecular weight excluding hydrogens is 180 g/mol. The molecule has 4 heteroatoms. The molecule has 2 atom stereocenters. The Balaban J connectivity index is 1.85. The van der Waals surface area contributed by atoms with Gasteiger partial charge >= 0.3 is 0 Å². The molecule has 0 radical (unpaired) electrons. The van der Waals surface area contributed by atoms with E-state index in [0.717, 1.165) is 25.8 Å². The van der Waals surface area contributed by atoms with Crippen molar-refractivity contribution < 1.29 is 9.53 Å². The second-order valence-corrected chi connectivity index (χ2v) is 4.26. The zero-order chi connectivity index (χ0) is 10.1. The molecule has 0 aromatic rings. The topological polar surface area (TPSA) is 55.6 Å². The summed E-state index contributed by atoms with van der Waals surface area (Å²) >= 11 is 0. The highest BCUT2D eigenvalue weighted by atomic mass is 16.5. The van der Waals surface area contributed by atoms with Gasteiger partial charge in [0.15, 0.2) is 0 Å². The van der Waals surface area contributed by atoms with Gasteiger partial charge in [-0.3, -0.25) is 4.79 Å². The standard InChI is InChI=1S/C10H18N2O2/c1-14-5-4-12(7-2-3-7)10(13)8-6-9(8)11/h7-9H,2-6,11H2,1H3. The Morgan fingerprint density at radius 1 is 1.57 bits per heavy atom. The SMILES string of the molecule is COCCN(C(=O)C1CC1N)C1CC1. The summed E-state index contributed by atoms with van der Waals surface area (Å²) in [6, 6.07) is 0.594. The Morgan fingerprint density at radius 2 is 2.21 bits per heavy atom. The van der Waals surface area contributed by atoms with Gasteiger partial charge in [-0.15, -0.1) is 0 Å². The van der Waals surface area contributed by atoms with Crippen molar-refractivity contribution in [2.75, 3.05) is 20.3 Å². The number of methoxy groups -OCH3 is 1. The van der Waals surface area contributed by atoms with Crippen LogP contribution in [-0.4, -0.2) is 43.2 Å². The smallest absolute Gasteiger partial charge is 0.227 e. The first kappa shape index (κ1) is 9.93. The Morgan fingerprint density at radius 3 is 2.64 bits per heavy atom. The molecule has 1 amide bonds. The van der Waals surface area contributed by atoms with Crippen LogP contribution in [0.2, 0.25) is 0 Å². The molecule has 0 saturated heterocycles. The highest BCUT2D eigenvalue weighted by Gasteiger charge is 2.45. The van der Waals surface area contributed by atoms with Crippen LogP contribution in [0.15, 0.2) is 0 Å². The molecule has 0 heterocycles. The predicted octanol–water partition coefficient (Wildman–Crippen LogP) is -0.0290. The van der Waals surface area contributed by atoms with E-state index in [2.05, 4.69) is 0 Å². The van der Waals surface area contributed by atoms with Crippen LogP contribution in [-0.2, 0) is 9.53 Å². The number of hydrogen-bond donors (Lipinski definition) is 1. The first-order valence-corrected chi connectivity index (χ1v) is 5.29. The fraction of sp³-hybridized carbons (Fsp3) is 0.900. The van der Waals surface area contributed by atoms with Crippen molar-refractivity contribution in [1.29, 1.82) is 0 Å². The normalized spacial score (nSPS) is 30.1. The van der Waals surface area contributed by atoms with Gasteiger partial charge in [0.2, 0.25) is 5.91 Å². The summed E-state index contributed by atoms with van der Waals surface area (Å²) in [5, 5.41) is 0. The van der Waals surface area contributed by atoms with Crippen LogP contribution in [0, 0.1) is 5.92 Å². The molecule has 0 aliphatic heterocycles. The van der Waals surface area contributed by atoms with E-state index < -0.39 is 0 Å². The van der Waals surface area contributed by atoms with Gasteiger partial charge in [-0.1, -0.05) is 0 Å². The molecule has 80 valence electrons. The first-order valence-electron chi connectivity index (χ1n) is 5.29. The van der Waals surface area contributed by atoms with Gasteiger partial charge in [0, 0.05) is 25.7 Å². The molecule has 2 rings (SSSR count). The quantitative estimate of drug-likeness (QED) is 0.675. The van der Waals surface area contributed by atoms with Gasteiger partial charge in [0.1, 0.15) is 0 Å². The number of amides is 1. The fourth-order valence-corrected chi connectivity index (χ4v) is 1.76. The Labute approximate surface area is 84.4 Å². The number of carbonyl (C=O) groups is 1. The van der Waals surface area contributed by atoms with E-state index >= 15 is 0 Å². The number of hydrogen-bond acceptors (Lipinski definition) is 3. The van der Waals surface area contributed by atoms with Crippen LogP contribution in [0.25, 0.3) is 0 Å². The zero-order valence-corrected chi connectivity index (χ0v) is 8.61. The monoisotopic (exact) mass is 198 g/mol. The molecule has 14 heavy (non-hydrogen) atoms. The summed E-state index contributed by atoms with van der Waals surface area (Å²) in [7, 11) is 1.67. The van der Waals surface area contributed by atoms with Crippen LogP contribution in [0.5, 0.6) is 0 Å².